The highest BCUT2D eigenvalue weighted by Gasteiger charge is 2.29. The Morgan fingerprint density at radius 3 is 2.70 bits per heavy atom. The summed E-state index contributed by atoms with van der Waals surface area (Å²) in [6.07, 6.45) is 0.785. The second-order valence-electron chi connectivity index (χ2n) is 7.65. The van der Waals surface area contributed by atoms with E-state index in [0.29, 0.717) is 29.2 Å². The van der Waals surface area contributed by atoms with Crippen molar-refractivity contribution >= 4 is 28.2 Å². The summed E-state index contributed by atoms with van der Waals surface area (Å²) in [6, 6.07) is 9.17. The molecular formula is C22H19ClF2N4O. The highest BCUT2D eigenvalue weighted by molar-refractivity contribution is 6.33. The van der Waals surface area contributed by atoms with Crippen LogP contribution in [0.5, 0.6) is 0 Å². The number of aromatic nitrogens is 1. The first kappa shape index (κ1) is 20.3. The van der Waals surface area contributed by atoms with Gasteiger partial charge in [-0.3, -0.25) is 4.79 Å². The van der Waals surface area contributed by atoms with Crippen LogP contribution in [-0.2, 0) is 0 Å². The molecule has 0 aliphatic carbocycles. The Kier molecular flexibility index (Phi) is 5.22. The van der Waals surface area contributed by atoms with Gasteiger partial charge in [0.05, 0.1) is 28.2 Å². The molecule has 0 saturated carbocycles. The van der Waals surface area contributed by atoms with Gasteiger partial charge in [0.15, 0.2) is 17.1 Å². The maximum Gasteiger partial charge on any atom is 0.193 e. The predicted molar refractivity (Wildman–Crippen MR) is 114 cm³/mol. The van der Waals surface area contributed by atoms with Gasteiger partial charge < -0.3 is 14.8 Å². The number of benzene rings is 2. The lowest BCUT2D eigenvalue weighted by Gasteiger charge is -2.23. The molecule has 0 radical (unpaired) electrons. The number of pyridine rings is 1. The van der Waals surface area contributed by atoms with Crippen molar-refractivity contribution in [3.63, 3.8) is 0 Å². The van der Waals surface area contributed by atoms with E-state index in [1.54, 1.807) is 11.0 Å². The maximum absolute atomic E-state index is 15.3. The number of fused-ring (bicyclic) bond motifs is 1. The molecule has 1 saturated heterocycles. The summed E-state index contributed by atoms with van der Waals surface area (Å²) in [5.74, 6) is -1.60. The molecular weight excluding hydrogens is 410 g/mol. The smallest absolute Gasteiger partial charge is 0.193 e. The van der Waals surface area contributed by atoms with Crippen LogP contribution in [0.1, 0.15) is 12.0 Å². The van der Waals surface area contributed by atoms with Crippen LogP contribution in [0.3, 0.4) is 0 Å². The number of aromatic amines is 1. The molecule has 1 aliphatic rings. The minimum absolute atomic E-state index is 0.0398. The van der Waals surface area contributed by atoms with Crippen molar-refractivity contribution in [2.75, 3.05) is 32.1 Å². The van der Waals surface area contributed by atoms with Gasteiger partial charge in [-0.05, 0) is 38.7 Å². The van der Waals surface area contributed by atoms with Gasteiger partial charge >= 0.3 is 0 Å². The minimum Gasteiger partial charge on any atom is -0.365 e. The van der Waals surface area contributed by atoms with Crippen LogP contribution in [0.2, 0.25) is 5.02 Å². The maximum atomic E-state index is 15.3. The van der Waals surface area contributed by atoms with E-state index in [1.807, 2.05) is 25.1 Å². The number of halogens is 3. The average Bonchev–Trinajstić information content (AvgIpc) is 3.17. The standard InChI is InChI=1S/C22H19ClF2N4O/c1-28(2)13-5-6-29(11-13)22-16(24)8-18-20(21(22)25)19(30)9-17(27-18)14-7-12(10-26)3-4-15(14)23/h3-4,7-9,13H,5-6,11H2,1-2H3,(H,27,30)/t13-/m0/s1. The number of hydrogen-bond acceptors (Lipinski definition) is 4. The minimum atomic E-state index is -0.867. The number of hydrogen-bond donors (Lipinski definition) is 1. The Labute approximate surface area is 177 Å². The number of nitriles is 1. The zero-order valence-corrected chi connectivity index (χ0v) is 17.2. The molecule has 1 N–H and O–H groups in total. The third kappa shape index (κ3) is 3.42. The van der Waals surface area contributed by atoms with Crippen LogP contribution >= 0.6 is 11.6 Å². The molecule has 1 atom stereocenters. The van der Waals surface area contributed by atoms with Gasteiger partial charge in [0.25, 0.3) is 0 Å². The molecule has 1 fully saturated rings. The number of nitrogens with one attached hydrogen (secondary N) is 1. The second kappa shape index (κ2) is 7.71. The largest absolute Gasteiger partial charge is 0.365 e. The molecule has 154 valence electrons. The lowest BCUT2D eigenvalue weighted by Crippen LogP contribution is -2.32. The number of rotatable bonds is 3. The molecule has 4 rings (SSSR count). The van der Waals surface area contributed by atoms with Gasteiger partial charge in [-0.15, -0.1) is 0 Å². The van der Waals surface area contributed by atoms with Crippen LogP contribution in [0.4, 0.5) is 14.5 Å². The van der Waals surface area contributed by atoms with Crippen molar-refractivity contribution in [3.8, 4) is 17.3 Å². The summed E-state index contributed by atoms with van der Waals surface area (Å²) in [7, 11) is 3.86. The highest BCUT2D eigenvalue weighted by atomic mass is 35.5. The van der Waals surface area contributed by atoms with E-state index < -0.39 is 17.1 Å². The van der Waals surface area contributed by atoms with Gasteiger partial charge in [0.1, 0.15) is 5.69 Å². The molecule has 1 aliphatic heterocycles. The number of likely N-dealkylation sites (N-methyl/N-ethyl adjacent to an activating group) is 1. The van der Waals surface area contributed by atoms with Crippen molar-refractivity contribution in [2.24, 2.45) is 0 Å². The fourth-order valence-corrected chi connectivity index (χ4v) is 4.15. The Bertz CT molecular complexity index is 1250. The summed E-state index contributed by atoms with van der Waals surface area (Å²) in [5.41, 5.74) is 0.336. The van der Waals surface area contributed by atoms with Crippen LogP contribution in [0.25, 0.3) is 22.2 Å². The van der Waals surface area contributed by atoms with E-state index in [1.165, 1.54) is 18.2 Å². The molecule has 2 heterocycles. The summed E-state index contributed by atoms with van der Waals surface area (Å²) >= 11 is 6.21. The summed E-state index contributed by atoms with van der Waals surface area (Å²) < 4.78 is 30.3. The van der Waals surface area contributed by atoms with Crippen LogP contribution in [0, 0.1) is 23.0 Å². The van der Waals surface area contributed by atoms with Crippen molar-refractivity contribution in [1.82, 2.24) is 9.88 Å². The molecule has 30 heavy (non-hydrogen) atoms. The molecule has 1 aromatic heterocycles. The van der Waals surface area contributed by atoms with Gasteiger partial charge in [-0.1, -0.05) is 11.6 Å². The van der Waals surface area contributed by atoms with Crippen LogP contribution in [-0.4, -0.2) is 43.1 Å². The number of nitrogens with zero attached hydrogens (tertiary/aromatic N) is 3. The predicted octanol–water partition coefficient (Wildman–Crippen LogP) is 4.14. The van der Waals surface area contributed by atoms with Crippen molar-refractivity contribution < 1.29 is 8.78 Å². The molecule has 0 bridgehead atoms. The summed E-state index contributed by atoms with van der Waals surface area (Å²) in [4.78, 5) is 19.4. The zero-order chi connectivity index (χ0) is 21.6. The molecule has 2 aromatic carbocycles. The fourth-order valence-electron chi connectivity index (χ4n) is 3.94. The van der Waals surface area contributed by atoms with E-state index in [2.05, 4.69) is 4.98 Å². The summed E-state index contributed by atoms with van der Waals surface area (Å²) in [6.45, 7) is 0.994. The Morgan fingerprint density at radius 1 is 1.27 bits per heavy atom. The quantitative estimate of drug-likeness (QED) is 0.681. The molecule has 0 unspecified atom stereocenters. The SMILES string of the molecule is CN(C)[C@H]1CCN(c2c(F)cc3[nH]c(-c4cc(C#N)ccc4Cl)cc(=O)c3c2F)C1. The second-order valence-corrected chi connectivity index (χ2v) is 8.06. The molecule has 0 spiro atoms. The Hall–Kier alpha value is -2.95. The van der Waals surface area contributed by atoms with Crippen molar-refractivity contribution in [1.29, 1.82) is 5.26 Å². The normalized spacial score (nSPS) is 16.4. The van der Waals surface area contributed by atoms with E-state index in [-0.39, 0.29) is 28.3 Å². The highest BCUT2D eigenvalue weighted by Crippen LogP contribution is 2.33. The van der Waals surface area contributed by atoms with E-state index in [4.69, 9.17) is 16.9 Å². The van der Waals surface area contributed by atoms with Gasteiger partial charge in [0.2, 0.25) is 0 Å². The first-order valence-corrected chi connectivity index (χ1v) is 9.84. The van der Waals surface area contributed by atoms with Gasteiger partial charge in [-0.2, -0.15) is 5.26 Å². The van der Waals surface area contributed by atoms with Crippen molar-refractivity contribution in [3.05, 3.63) is 62.8 Å². The molecule has 0 amide bonds. The molecule has 3 aromatic rings. The average molecular weight is 429 g/mol. The third-order valence-electron chi connectivity index (χ3n) is 5.58. The van der Waals surface area contributed by atoms with Crippen LogP contribution < -0.4 is 10.3 Å². The lowest BCUT2D eigenvalue weighted by atomic mass is 10.1. The van der Waals surface area contributed by atoms with E-state index in [9.17, 15) is 9.18 Å². The molecule has 5 nitrogen and oxygen atoms in total. The van der Waals surface area contributed by atoms with Crippen molar-refractivity contribution in [2.45, 2.75) is 12.5 Å². The Balaban J connectivity index is 1.85. The fraction of sp³-hybridized carbons (Fsp3) is 0.273. The van der Waals surface area contributed by atoms with Gasteiger partial charge in [-0.25, -0.2) is 8.78 Å². The number of H-pyrrole nitrogens is 1. The van der Waals surface area contributed by atoms with E-state index in [0.717, 1.165) is 12.5 Å². The Morgan fingerprint density at radius 2 is 2.03 bits per heavy atom. The lowest BCUT2D eigenvalue weighted by molar-refractivity contribution is 0.315. The van der Waals surface area contributed by atoms with Crippen LogP contribution in [0.15, 0.2) is 35.1 Å². The topological polar surface area (TPSA) is 63.1 Å². The zero-order valence-electron chi connectivity index (χ0n) is 16.5. The first-order chi connectivity index (χ1) is 14.3. The summed E-state index contributed by atoms with van der Waals surface area (Å²) in [5, 5.41) is 9.23. The monoisotopic (exact) mass is 428 g/mol. The first-order valence-electron chi connectivity index (χ1n) is 9.46. The number of anilines is 1. The van der Waals surface area contributed by atoms with Gasteiger partial charge in [0, 0.05) is 41.9 Å². The third-order valence-corrected chi connectivity index (χ3v) is 5.91. The van der Waals surface area contributed by atoms with E-state index >= 15 is 4.39 Å². The molecule has 8 heteroatoms.